The van der Waals surface area contributed by atoms with E-state index in [-0.39, 0.29) is 12.4 Å². The normalized spacial score (nSPS) is 11.0. The van der Waals surface area contributed by atoms with Crippen molar-refractivity contribution in [2.24, 2.45) is 0 Å². The van der Waals surface area contributed by atoms with Crippen LogP contribution in [0, 0.1) is 0 Å². The molecular formula is C10H9ClF2O3. The molecule has 16 heavy (non-hydrogen) atoms. The lowest BCUT2D eigenvalue weighted by molar-refractivity contribution is -0.216. The van der Waals surface area contributed by atoms with Gasteiger partial charge in [-0.05, 0) is 31.2 Å². The summed E-state index contributed by atoms with van der Waals surface area (Å²) in [6, 6.07) is 5.21. The Morgan fingerprint density at radius 1 is 1.38 bits per heavy atom. The fourth-order valence-electron chi connectivity index (χ4n) is 0.907. The summed E-state index contributed by atoms with van der Waals surface area (Å²) in [7, 11) is 0. The van der Waals surface area contributed by atoms with E-state index in [1.807, 2.05) is 0 Å². The van der Waals surface area contributed by atoms with Crippen molar-refractivity contribution < 1.29 is 23.0 Å². The van der Waals surface area contributed by atoms with Gasteiger partial charge in [-0.1, -0.05) is 11.6 Å². The molecule has 0 aliphatic heterocycles. The second-order valence-electron chi connectivity index (χ2n) is 2.79. The standard InChI is InChI=1S/C10H9ClF2O3/c1-2-15-9(14)10(12,13)16-8-5-3-7(11)4-6-8/h3-6H,2H2,1H3. The van der Waals surface area contributed by atoms with Crippen LogP contribution < -0.4 is 4.74 Å². The van der Waals surface area contributed by atoms with Crippen LogP contribution in [0.4, 0.5) is 8.78 Å². The predicted molar refractivity (Wildman–Crippen MR) is 53.7 cm³/mol. The first-order valence-electron chi connectivity index (χ1n) is 4.45. The summed E-state index contributed by atoms with van der Waals surface area (Å²) < 4.78 is 34.5. The van der Waals surface area contributed by atoms with Gasteiger partial charge in [0.1, 0.15) is 5.75 Å². The average Bonchev–Trinajstić information content (AvgIpc) is 2.21. The van der Waals surface area contributed by atoms with Crippen molar-refractivity contribution in [3.63, 3.8) is 0 Å². The molecule has 0 amide bonds. The Kier molecular flexibility index (Phi) is 4.06. The zero-order valence-corrected chi connectivity index (χ0v) is 9.13. The summed E-state index contributed by atoms with van der Waals surface area (Å²) >= 11 is 5.56. The molecule has 0 bridgehead atoms. The third-order valence-corrected chi connectivity index (χ3v) is 1.82. The van der Waals surface area contributed by atoms with Gasteiger partial charge in [0, 0.05) is 5.02 Å². The number of hydrogen-bond acceptors (Lipinski definition) is 3. The molecule has 0 atom stereocenters. The Hall–Kier alpha value is -1.36. The van der Waals surface area contributed by atoms with Gasteiger partial charge in [0.2, 0.25) is 0 Å². The van der Waals surface area contributed by atoms with Crippen LogP contribution in [-0.4, -0.2) is 18.7 Å². The highest BCUT2D eigenvalue weighted by Crippen LogP contribution is 2.24. The minimum Gasteiger partial charge on any atom is -0.459 e. The molecule has 6 heteroatoms. The highest BCUT2D eigenvalue weighted by atomic mass is 35.5. The molecule has 0 heterocycles. The Labute approximate surface area is 95.9 Å². The van der Waals surface area contributed by atoms with Crippen molar-refractivity contribution >= 4 is 17.6 Å². The molecule has 88 valence electrons. The maximum absolute atomic E-state index is 13.1. The van der Waals surface area contributed by atoms with Crippen LogP contribution in [0.5, 0.6) is 5.75 Å². The molecule has 0 spiro atoms. The highest BCUT2D eigenvalue weighted by molar-refractivity contribution is 6.30. The molecule has 0 fully saturated rings. The van der Waals surface area contributed by atoms with Crippen molar-refractivity contribution in [3.8, 4) is 5.75 Å². The van der Waals surface area contributed by atoms with Crippen LogP contribution >= 0.6 is 11.6 Å². The highest BCUT2D eigenvalue weighted by Gasteiger charge is 2.44. The van der Waals surface area contributed by atoms with Crippen LogP contribution in [0.25, 0.3) is 0 Å². The molecule has 0 radical (unpaired) electrons. The lowest BCUT2D eigenvalue weighted by Gasteiger charge is -2.15. The number of ether oxygens (including phenoxy) is 2. The van der Waals surface area contributed by atoms with Gasteiger partial charge in [-0.15, -0.1) is 0 Å². The molecule has 3 nitrogen and oxygen atoms in total. The second-order valence-corrected chi connectivity index (χ2v) is 3.23. The van der Waals surface area contributed by atoms with Gasteiger partial charge in [-0.3, -0.25) is 0 Å². The minimum atomic E-state index is -4.00. The van der Waals surface area contributed by atoms with Gasteiger partial charge in [-0.2, -0.15) is 8.78 Å². The summed E-state index contributed by atoms with van der Waals surface area (Å²) in [5.41, 5.74) is 0. The molecule has 1 aromatic rings. The maximum atomic E-state index is 13.1. The van der Waals surface area contributed by atoms with Crippen LogP contribution in [-0.2, 0) is 9.53 Å². The second kappa shape index (κ2) is 5.12. The summed E-state index contributed by atoms with van der Waals surface area (Å²) in [6.45, 7) is 1.29. The third kappa shape index (κ3) is 3.34. The van der Waals surface area contributed by atoms with E-state index in [9.17, 15) is 13.6 Å². The molecule has 0 saturated heterocycles. The summed E-state index contributed by atoms with van der Waals surface area (Å²) in [6.07, 6.45) is -4.00. The fourth-order valence-corrected chi connectivity index (χ4v) is 1.03. The fraction of sp³-hybridized carbons (Fsp3) is 0.300. The quantitative estimate of drug-likeness (QED) is 0.771. The Bertz CT molecular complexity index is 365. The minimum absolute atomic E-state index is 0.140. The first kappa shape index (κ1) is 12.7. The number of benzene rings is 1. The number of alkyl halides is 2. The molecule has 0 aliphatic rings. The number of hydrogen-bond donors (Lipinski definition) is 0. The van der Waals surface area contributed by atoms with E-state index in [1.165, 1.54) is 31.2 Å². The van der Waals surface area contributed by atoms with E-state index in [1.54, 1.807) is 0 Å². The Morgan fingerprint density at radius 3 is 2.44 bits per heavy atom. The maximum Gasteiger partial charge on any atom is 0.502 e. The van der Waals surface area contributed by atoms with Gasteiger partial charge in [-0.25, -0.2) is 4.79 Å². The summed E-state index contributed by atoms with van der Waals surface area (Å²) in [5, 5.41) is 0.381. The number of carbonyl (C=O) groups excluding carboxylic acids is 1. The van der Waals surface area contributed by atoms with E-state index < -0.39 is 12.1 Å². The number of esters is 1. The van der Waals surface area contributed by atoms with Crippen molar-refractivity contribution in [2.75, 3.05) is 6.61 Å². The van der Waals surface area contributed by atoms with Crippen LogP contribution in [0.3, 0.4) is 0 Å². The van der Waals surface area contributed by atoms with E-state index in [2.05, 4.69) is 9.47 Å². The van der Waals surface area contributed by atoms with Crippen LogP contribution in [0.15, 0.2) is 24.3 Å². The van der Waals surface area contributed by atoms with Gasteiger partial charge < -0.3 is 9.47 Å². The van der Waals surface area contributed by atoms with Gasteiger partial charge in [0.05, 0.1) is 6.61 Å². The van der Waals surface area contributed by atoms with E-state index in [0.717, 1.165) is 0 Å². The monoisotopic (exact) mass is 250 g/mol. The third-order valence-electron chi connectivity index (χ3n) is 1.57. The molecule has 0 unspecified atom stereocenters. The topological polar surface area (TPSA) is 35.5 Å². The lowest BCUT2D eigenvalue weighted by atomic mass is 10.3. The van der Waals surface area contributed by atoms with Crippen molar-refractivity contribution in [2.45, 2.75) is 13.0 Å². The molecule has 0 aromatic heterocycles. The van der Waals surface area contributed by atoms with Gasteiger partial charge in [0.25, 0.3) is 0 Å². The molecular weight excluding hydrogens is 242 g/mol. The molecule has 0 N–H and O–H groups in total. The number of carbonyl (C=O) groups is 1. The molecule has 1 rings (SSSR count). The Balaban J connectivity index is 2.72. The summed E-state index contributed by atoms with van der Waals surface area (Å²) in [4.78, 5) is 10.8. The van der Waals surface area contributed by atoms with Crippen LogP contribution in [0.1, 0.15) is 6.92 Å². The van der Waals surface area contributed by atoms with E-state index in [4.69, 9.17) is 11.6 Å². The molecule has 1 aromatic carbocycles. The van der Waals surface area contributed by atoms with Crippen molar-refractivity contribution in [1.29, 1.82) is 0 Å². The predicted octanol–water partition coefficient (Wildman–Crippen LogP) is 2.87. The summed E-state index contributed by atoms with van der Waals surface area (Å²) in [5.74, 6) is -1.88. The Morgan fingerprint density at radius 2 is 1.94 bits per heavy atom. The van der Waals surface area contributed by atoms with Crippen molar-refractivity contribution in [3.05, 3.63) is 29.3 Å². The van der Waals surface area contributed by atoms with Crippen molar-refractivity contribution in [1.82, 2.24) is 0 Å². The first-order chi connectivity index (χ1) is 7.45. The van der Waals surface area contributed by atoms with E-state index >= 15 is 0 Å². The lowest BCUT2D eigenvalue weighted by Crippen LogP contribution is -2.36. The van der Waals surface area contributed by atoms with E-state index in [0.29, 0.717) is 5.02 Å². The van der Waals surface area contributed by atoms with Gasteiger partial charge in [0.15, 0.2) is 0 Å². The number of rotatable bonds is 4. The largest absolute Gasteiger partial charge is 0.502 e. The van der Waals surface area contributed by atoms with Gasteiger partial charge >= 0.3 is 12.1 Å². The SMILES string of the molecule is CCOC(=O)C(F)(F)Oc1ccc(Cl)cc1. The number of halogens is 3. The van der Waals surface area contributed by atoms with Crippen LogP contribution in [0.2, 0.25) is 5.02 Å². The zero-order chi connectivity index (χ0) is 12.2. The molecule has 0 saturated carbocycles. The smallest absolute Gasteiger partial charge is 0.459 e. The molecule has 0 aliphatic carbocycles. The average molecular weight is 251 g/mol. The zero-order valence-electron chi connectivity index (χ0n) is 8.38. The first-order valence-corrected chi connectivity index (χ1v) is 4.83.